The van der Waals surface area contributed by atoms with Gasteiger partial charge in [0, 0.05) is 0 Å². The summed E-state index contributed by atoms with van der Waals surface area (Å²) in [5.41, 5.74) is 2.71. The molecule has 4 heteroatoms. The maximum atomic E-state index is 14.1. The van der Waals surface area contributed by atoms with Crippen LogP contribution in [0.4, 0.5) is 10.1 Å². The van der Waals surface area contributed by atoms with Gasteiger partial charge < -0.3 is 0 Å². The van der Waals surface area contributed by atoms with Crippen molar-refractivity contribution >= 4 is 23.4 Å². The van der Waals surface area contributed by atoms with Crippen LogP contribution in [0.15, 0.2) is 48.5 Å². The van der Waals surface area contributed by atoms with Crippen LogP contribution in [0.5, 0.6) is 0 Å². The van der Waals surface area contributed by atoms with E-state index >= 15 is 0 Å². The van der Waals surface area contributed by atoms with Crippen molar-refractivity contribution in [1.29, 1.82) is 0 Å². The van der Waals surface area contributed by atoms with Crippen LogP contribution in [0.3, 0.4) is 0 Å². The number of hydrogen-bond acceptors (Lipinski definition) is 2. The summed E-state index contributed by atoms with van der Waals surface area (Å²) in [6.45, 7) is 6.50. The van der Waals surface area contributed by atoms with Gasteiger partial charge in [0.1, 0.15) is 11.2 Å². The molecule has 0 bridgehead atoms. The number of carbonyl (C=O) groups excluding carboxylic acids is 1. The Hall–Kier alpha value is -1.81. The third-order valence-corrected chi connectivity index (χ3v) is 5.25. The summed E-state index contributed by atoms with van der Waals surface area (Å²) in [4.78, 5) is 13.9. The fourth-order valence-electron chi connectivity index (χ4n) is 2.73. The van der Waals surface area contributed by atoms with Crippen LogP contribution < -0.4 is 4.90 Å². The highest BCUT2D eigenvalue weighted by molar-refractivity contribution is 8.00. The van der Waals surface area contributed by atoms with Gasteiger partial charge in [0.25, 0.3) is 0 Å². The first-order chi connectivity index (χ1) is 10.9. The summed E-state index contributed by atoms with van der Waals surface area (Å²) in [6, 6.07) is 14.7. The van der Waals surface area contributed by atoms with Crippen molar-refractivity contribution in [3.05, 3.63) is 65.5 Å². The van der Waals surface area contributed by atoms with E-state index in [-0.39, 0.29) is 22.5 Å². The number of nitrogens with zero attached hydrogens (tertiary/aromatic N) is 1. The molecule has 0 aliphatic carbocycles. The molecule has 1 heterocycles. The quantitative estimate of drug-likeness (QED) is 0.781. The first-order valence-electron chi connectivity index (χ1n) is 7.66. The lowest BCUT2D eigenvalue weighted by Gasteiger charge is -2.26. The van der Waals surface area contributed by atoms with Gasteiger partial charge in [-0.15, -0.1) is 11.8 Å². The Bertz CT molecular complexity index is 721. The summed E-state index contributed by atoms with van der Waals surface area (Å²) < 4.78 is 14.1. The average Bonchev–Trinajstić information content (AvgIpc) is 2.89. The number of amides is 1. The number of halogens is 1. The van der Waals surface area contributed by atoms with Crippen molar-refractivity contribution in [2.24, 2.45) is 0 Å². The molecule has 1 aliphatic heterocycles. The molecule has 1 saturated heterocycles. The summed E-state index contributed by atoms with van der Waals surface area (Å²) in [6.07, 6.45) is 0. The molecular formula is C19H20FNOS. The molecule has 1 aliphatic rings. The first kappa shape index (κ1) is 16.1. The Balaban J connectivity index is 1.95. The molecule has 1 fully saturated rings. The van der Waals surface area contributed by atoms with Gasteiger partial charge in [-0.1, -0.05) is 57.2 Å². The lowest BCUT2D eigenvalue weighted by atomic mass is 9.86. The van der Waals surface area contributed by atoms with Gasteiger partial charge in [0.05, 0.1) is 11.4 Å². The Labute approximate surface area is 140 Å². The van der Waals surface area contributed by atoms with Gasteiger partial charge in [0.2, 0.25) is 5.91 Å². The average molecular weight is 329 g/mol. The minimum atomic E-state index is -0.361. The van der Waals surface area contributed by atoms with Crippen LogP contribution >= 0.6 is 11.8 Å². The van der Waals surface area contributed by atoms with E-state index in [0.29, 0.717) is 11.4 Å². The maximum Gasteiger partial charge on any atom is 0.238 e. The van der Waals surface area contributed by atoms with Crippen LogP contribution in [0, 0.1) is 5.82 Å². The molecule has 0 saturated carbocycles. The van der Waals surface area contributed by atoms with Crippen molar-refractivity contribution in [1.82, 2.24) is 0 Å². The van der Waals surface area contributed by atoms with Gasteiger partial charge in [-0.3, -0.25) is 9.69 Å². The van der Waals surface area contributed by atoms with Crippen LogP contribution in [0.2, 0.25) is 0 Å². The fourth-order valence-corrected chi connectivity index (χ4v) is 3.90. The van der Waals surface area contributed by atoms with Crippen molar-refractivity contribution in [3.8, 4) is 0 Å². The molecule has 120 valence electrons. The Kier molecular flexibility index (Phi) is 4.19. The lowest BCUT2D eigenvalue weighted by Crippen LogP contribution is -2.28. The number of hydrogen-bond donors (Lipinski definition) is 0. The zero-order chi connectivity index (χ0) is 16.6. The van der Waals surface area contributed by atoms with Gasteiger partial charge in [-0.25, -0.2) is 4.39 Å². The van der Waals surface area contributed by atoms with E-state index in [2.05, 4.69) is 32.9 Å². The second-order valence-electron chi connectivity index (χ2n) is 6.75. The SMILES string of the molecule is CC(C)(C)c1ccc(C2SCC(=O)N2c2ccccc2F)cc1. The topological polar surface area (TPSA) is 20.3 Å². The molecular weight excluding hydrogens is 309 g/mol. The van der Waals surface area contributed by atoms with E-state index < -0.39 is 0 Å². The Morgan fingerprint density at radius 3 is 2.35 bits per heavy atom. The van der Waals surface area contributed by atoms with Gasteiger partial charge in [-0.2, -0.15) is 0 Å². The predicted molar refractivity (Wildman–Crippen MR) is 94.2 cm³/mol. The third kappa shape index (κ3) is 3.13. The van der Waals surface area contributed by atoms with Gasteiger partial charge >= 0.3 is 0 Å². The van der Waals surface area contributed by atoms with Crippen LogP contribution in [-0.4, -0.2) is 11.7 Å². The highest BCUT2D eigenvalue weighted by atomic mass is 32.2. The molecule has 0 aromatic heterocycles. The zero-order valence-corrected chi connectivity index (χ0v) is 14.4. The highest BCUT2D eigenvalue weighted by Crippen LogP contribution is 2.42. The maximum absolute atomic E-state index is 14.1. The molecule has 1 atom stereocenters. The predicted octanol–water partition coefficient (Wildman–Crippen LogP) is 4.90. The van der Waals surface area contributed by atoms with Crippen molar-refractivity contribution < 1.29 is 9.18 Å². The molecule has 2 nitrogen and oxygen atoms in total. The lowest BCUT2D eigenvalue weighted by molar-refractivity contribution is -0.115. The minimum absolute atomic E-state index is 0.0509. The van der Waals surface area contributed by atoms with Gasteiger partial charge in [0.15, 0.2) is 0 Å². The first-order valence-corrected chi connectivity index (χ1v) is 8.71. The summed E-state index contributed by atoms with van der Waals surface area (Å²) in [7, 11) is 0. The minimum Gasteiger partial charge on any atom is -0.292 e. The zero-order valence-electron chi connectivity index (χ0n) is 13.5. The van der Waals surface area contributed by atoms with E-state index in [4.69, 9.17) is 0 Å². The number of thioether (sulfide) groups is 1. The Morgan fingerprint density at radius 2 is 1.74 bits per heavy atom. The second-order valence-corrected chi connectivity index (χ2v) is 7.82. The van der Waals surface area contributed by atoms with Crippen LogP contribution in [-0.2, 0) is 10.2 Å². The molecule has 1 amide bonds. The van der Waals surface area contributed by atoms with Crippen LogP contribution in [0.1, 0.15) is 37.3 Å². The van der Waals surface area contributed by atoms with E-state index in [1.54, 1.807) is 23.1 Å². The van der Waals surface area contributed by atoms with E-state index in [1.165, 1.54) is 23.4 Å². The molecule has 2 aromatic carbocycles. The number of benzene rings is 2. The molecule has 0 N–H and O–H groups in total. The molecule has 1 unspecified atom stereocenters. The molecule has 23 heavy (non-hydrogen) atoms. The molecule has 2 aromatic rings. The fraction of sp³-hybridized carbons (Fsp3) is 0.316. The summed E-state index contributed by atoms with van der Waals surface area (Å²) in [5, 5.41) is -0.173. The van der Waals surface area contributed by atoms with Crippen LogP contribution in [0.25, 0.3) is 0 Å². The smallest absolute Gasteiger partial charge is 0.238 e. The largest absolute Gasteiger partial charge is 0.292 e. The number of anilines is 1. The third-order valence-electron chi connectivity index (χ3n) is 4.04. The second kappa shape index (κ2) is 6.00. The van der Waals surface area contributed by atoms with E-state index in [0.717, 1.165) is 5.56 Å². The molecule has 0 spiro atoms. The number of carbonyl (C=O) groups is 1. The molecule has 3 rings (SSSR count). The normalized spacial score (nSPS) is 18.5. The summed E-state index contributed by atoms with van der Waals surface area (Å²) >= 11 is 1.54. The van der Waals surface area contributed by atoms with E-state index in [1.807, 2.05) is 12.1 Å². The standard InChI is InChI=1S/C19H20FNOS/c1-19(2,3)14-10-8-13(9-11-14)18-21(17(22)12-23-18)16-7-5-4-6-15(16)20/h4-11,18H,12H2,1-3H3. The monoisotopic (exact) mass is 329 g/mol. The Morgan fingerprint density at radius 1 is 1.09 bits per heavy atom. The van der Waals surface area contributed by atoms with Crippen molar-refractivity contribution in [2.45, 2.75) is 31.6 Å². The molecule has 0 radical (unpaired) electrons. The number of para-hydroxylation sites is 1. The summed E-state index contributed by atoms with van der Waals surface area (Å²) in [5.74, 6) is -0.0373. The van der Waals surface area contributed by atoms with Crippen molar-refractivity contribution in [2.75, 3.05) is 10.7 Å². The number of rotatable bonds is 2. The highest BCUT2D eigenvalue weighted by Gasteiger charge is 2.35. The van der Waals surface area contributed by atoms with E-state index in [9.17, 15) is 9.18 Å². The van der Waals surface area contributed by atoms with Crippen molar-refractivity contribution in [3.63, 3.8) is 0 Å². The van der Waals surface area contributed by atoms with Gasteiger partial charge in [-0.05, 0) is 28.7 Å².